The number of nitrogens with two attached hydrogens (primary N) is 1. The van der Waals surface area contributed by atoms with E-state index in [-0.39, 0.29) is 43.0 Å². The summed E-state index contributed by atoms with van der Waals surface area (Å²) >= 11 is 0. The van der Waals surface area contributed by atoms with Gasteiger partial charge < -0.3 is 27.6 Å². The summed E-state index contributed by atoms with van der Waals surface area (Å²) in [4.78, 5) is 22.3. The van der Waals surface area contributed by atoms with Crippen LogP contribution in [0.5, 0.6) is 0 Å². The van der Waals surface area contributed by atoms with Crippen LogP contribution in [0.4, 0.5) is 0 Å². The second kappa shape index (κ2) is 9.27. The van der Waals surface area contributed by atoms with Gasteiger partial charge in [0.25, 0.3) is 0 Å². The quantitative estimate of drug-likeness (QED) is 0.322. The molecule has 7 heteroatoms. The summed E-state index contributed by atoms with van der Waals surface area (Å²) in [6.45, 7) is 2.10. The molecule has 0 aromatic heterocycles. The lowest BCUT2D eigenvalue weighted by Crippen LogP contribution is -3.00. The number of carbonyl (C=O) groups excluding carboxylic acids is 2. The Morgan fingerprint density at radius 3 is 2.61 bits per heavy atom. The number of quaternary nitrogens is 1. The van der Waals surface area contributed by atoms with Crippen molar-refractivity contribution in [2.75, 3.05) is 26.8 Å². The van der Waals surface area contributed by atoms with Gasteiger partial charge in [-0.2, -0.15) is 0 Å². The van der Waals surface area contributed by atoms with Gasteiger partial charge in [0, 0.05) is 32.3 Å². The fraction of sp³-hybridized carbons (Fsp3) is 0.818. The molecule has 0 aromatic carbocycles. The van der Waals surface area contributed by atoms with E-state index in [2.05, 4.69) is 5.32 Å². The Balaban J connectivity index is 0.00000289. The minimum Gasteiger partial charge on any atom is -1.00 e. The van der Waals surface area contributed by atoms with Gasteiger partial charge in [0.2, 0.25) is 11.8 Å². The summed E-state index contributed by atoms with van der Waals surface area (Å²) in [7, 11) is 1.65. The number of nitrogens with one attached hydrogen (secondary N) is 1. The predicted octanol–water partition coefficient (Wildman–Crippen LogP) is -5.00. The van der Waals surface area contributed by atoms with Crippen molar-refractivity contribution in [1.82, 2.24) is 5.32 Å². The Bertz CT molecular complexity index is 260. The van der Waals surface area contributed by atoms with E-state index in [9.17, 15) is 14.7 Å². The monoisotopic (exact) mass is 280 g/mol. The molecule has 106 valence electrons. The molecule has 1 rings (SSSR count). The predicted molar refractivity (Wildman–Crippen MR) is 60.0 cm³/mol. The zero-order valence-corrected chi connectivity index (χ0v) is 11.3. The number of hydrogen-bond acceptors (Lipinski definition) is 4. The second-order valence-corrected chi connectivity index (χ2v) is 4.37. The van der Waals surface area contributed by atoms with Crippen LogP contribution in [0, 0.1) is 5.92 Å². The van der Waals surface area contributed by atoms with Gasteiger partial charge in [-0.05, 0) is 0 Å². The number of carbonyl (C=O) groups is 2. The molecule has 0 saturated carbocycles. The summed E-state index contributed by atoms with van der Waals surface area (Å²) in [6.07, 6.45) is 0.790. The van der Waals surface area contributed by atoms with E-state index in [1.165, 1.54) is 0 Å². The standard InChI is InChI=1S/C11H20N2O4.ClH/c1-17-4-2-3-12-7-9(14)8-5-10(15)13-11(16)6-8;/h8-9,12,14H,2-7H2,1H3,(H,13,15,16);1H. The van der Waals surface area contributed by atoms with Crippen molar-refractivity contribution in [3.8, 4) is 0 Å². The summed E-state index contributed by atoms with van der Waals surface area (Å²) in [6, 6.07) is 0. The van der Waals surface area contributed by atoms with E-state index in [1.54, 1.807) is 7.11 Å². The molecule has 0 radical (unpaired) electrons. The maximum absolute atomic E-state index is 11.1. The molecule has 6 nitrogen and oxygen atoms in total. The highest BCUT2D eigenvalue weighted by Crippen LogP contribution is 2.16. The van der Waals surface area contributed by atoms with Crippen molar-refractivity contribution in [3.63, 3.8) is 0 Å². The molecular formula is C11H21ClN2O4. The number of aliphatic hydroxyl groups excluding tert-OH is 1. The highest BCUT2D eigenvalue weighted by atomic mass is 35.5. The Hall–Kier alpha value is -0.690. The van der Waals surface area contributed by atoms with E-state index in [0.29, 0.717) is 13.2 Å². The van der Waals surface area contributed by atoms with Gasteiger partial charge in [0.15, 0.2) is 0 Å². The molecule has 1 unspecified atom stereocenters. The maximum atomic E-state index is 11.1. The van der Waals surface area contributed by atoms with Crippen LogP contribution < -0.4 is 23.0 Å². The van der Waals surface area contributed by atoms with Crippen LogP contribution in [0.25, 0.3) is 0 Å². The smallest absolute Gasteiger partial charge is 0.226 e. The molecular weight excluding hydrogens is 260 g/mol. The lowest BCUT2D eigenvalue weighted by Gasteiger charge is -2.24. The molecule has 0 aliphatic carbocycles. The van der Waals surface area contributed by atoms with Crippen LogP contribution in [0.1, 0.15) is 19.3 Å². The van der Waals surface area contributed by atoms with Gasteiger partial charge in [0.1, 0.15) is 12.6 Å². The molecule has 1 aliphatic heterocycles. The third kappa shape index (κ3) is 6.30. The average Bonchev–Trinajstić information content (AvgIpc) is 2.27. The molecule has 1 atom stereocenters. The van der Waals surface area contributed by atoms with Crippen molar-refractivity contribution in [1.29, 1.82) is 0 Å². The number of methoxy groups -OCH3 is 1. The van der Waals surface area contributed by atoms with Gasteiger partial charge in [-0.1, -0.05) is 0 Å². The number of ether oxygens (including phenoxy) is 1. The number of piperidine rings is 1. The minimum atomic E-state index is -0.604. The van der Waals surface area contributed by atoms with Gasteiger partial charge >= 0.3 is 0 Å². The molecule has 1 aliphatic rings. The van der Waals surface area contributed by atoms with Crippen molar-refractivity contribution in [3.05, 3.63) is 0 Å². The first-order valence-corrected chi connectivity index (χ1v) is 5.95. The number of aliphatic hydroxyl groups is 1. The summed E-state index contributed by atoms with van der Waals surface area (Å²) < 4.78 is 4.91. The molecule has 4 N–H and O–H groups in total. The molecule has 18 heavy (non-hydrogen) atoms. The Labute approximate surface area is 113 Å². The highest BCUT2D eigenvalue weighted by Gasteiger charge is 2.30. The van der Waals surface area contributed by atoms with Crippen LogP contribution in [-0.2, 0) is 14.3 Å². The van der Waals surface area contributed by atoms with Crippen molar-refractivity contribution < 1.29 is 37.2 Å². The third-order valence-corrected chi connectivity index (χ3v) is 2.88. The SMILES string of the molecule is COCCC[NH2+]CC(O)C1CC(=O)NC(=O)C1.[Cl-]. The molecule has 1 heterocycles. The first-order valence-electron chi connectivity index (χ1n) is 5.95. The Morgan fingerprint density at radius 1 is 1.44 bits per heavy atom. The van der Waals surface area contributed by atoms with E-state index < -0.39 is 6.10 Å². The van der Waals surface area contributed by atoms with Gasteiger partial charge in [-0.3, -0.25) is 14.9 Å². The van der Waals surface area contributed by atoms with Crippen molar-refractivity contribution in [2.24, 2.45) is 5.92 Å². The van der Waals surface area contributed by atoms with Crippen molar-refractivity contribution >= 4 is 11.8 Å². The zero-order chi connectivity index (χ0) is 12.7. The molecule has 0 spiro atoms. The normalized spacial score (nSPS) is 18.1. The van der Waals surface area contributed by atoms with Gasteiger partial charge in [0.05, 0.1) is 13.2 Å². The number of halogens is 1. The summed E-state index contributed by atoms with van der Waals surface area (Å²) in [5.41, 5.74) is 0. The summed E-state index contributed by atoms with van der Waals surface area (Å²) in [5, 5.41) is 14.1. The topological polar surface area (TPSA) is 92.2 Å². The largest absolute Gasteiger partial charge is 1.00 e. The van der Waals surface area contributed by atoms with Gasteiger partial charge in [-0.15, -0.1) is 0 Å². The lowest BCUT2D eigenvalue weighted by atomic mass is 9.91. The average molecular weight is 281 g/mol. The number of amides is 2. The van der Waals surface area contributed by atoms with Gasteiger partial charge in [-0.25, -0.2) is 0 Å². The van der Waals surface area contributed by atoms with E-state index in [4.69, 9.17) is 4.74 Å². The first kappa shape index (κ1) is 17.3. The minimum absolute atomic E-state index is 0. The molecule has 1 saturated heterocycles. The van der Waals surface area contributed by atoms with Crippen LogP contribution in [-0.4, -0.2) is 49.8 Å². The molecule has 0 bridgehead atoms. The van der Waals surface area contributed by atoms with Crippen LogP contribution >= 0.6 is 0 Å². The highest BCUT2D eigenvalue weighted by molar-refractivity contribution is 5.97. The van der Waals surface area contributed by atoms with Crippen LogP contribution in [0.3, 0.4) is 0 Å². The Kier molecular flexibility index (Phi) is 8.91. The lowest BCUT2D eigenvalue weighted by molar-refractivity contribution is -0.662. The molecule has 2 amide bonds. The first-order chi connectivity index (χ1) is 8.13. The van der Waals surface area contributed by atoms with Crippen LogP contribution in [0.2, 0.25) is 0 Å². The number of imide groups is 1. The van der Waals surface area contributed by atoms with Crippen LogP contribution in [0.15, 0.2) is 0 Å². The van der Waals surface area contributed by atoms with E-state index in [1.807, 2.05) is 5.32 Å². The molecule has 1 fully saturated rings. The maximum Gasteiger partial charge on any atom is 0.226 e. The van der Waals surface area contributed by atoms with E-state index in [0.717, 1.165) is 13.0 Å². The number of rotatable bonds is 7. The fourth-order valence-corrected chi connectivity index (χ4v) is 1.93. The van der Waals surface area contributed by atoms with E-state index >= 15 is 0 Å². The second-order valence-electron chi connectivity index (χ2n) is 4.37. The Morgan fingerprint density at radius 2 is 2.06 bits per heavy atom. The summed E-state index contributed by atoms with van der Waals surface area (Å²) in [5.74, 6) is -0.815. The third-order valence-electron chi connectivity index (χ3n) is 2.88. The number of hydrogen-bond donors (Lipinski definition) is 3. The molecule has 0 aromatic rings. The fourth-order valence-electron chi connectivity index (χ4n) is 1.93. The zero-order valence-electron chi connectivity index (χ0n) is 10.5. The van der Waals surface area contributed by atoms with Crippen molar-refractivity contribution in [2.45, 2.75) is 25.4 Å².